The zero-order chi connectivity index (χ0) is 15.2. The molecule has 0 aromatic heterocycles. The second kappa shape index (κ2) is 9.33. The maximum Gasteiger partial charge on any atom is 0.387 e. The van der Waals surface area contributed by atoms with E-state index in [9.17, 15) is 13.2 Å². The van der Waals surface area contributed by atoms with Gasteiger partial charge in [0.2, 0.25) is 0 Å². The molecule has 2 rings (SSSR count). The maximum absolute atomic E-state index is 13.7. The number of aliphatic imine (C=N–C) groups is 1. The number of rotatable bonds is 4. The molecule has 1 aliphatic heterocycles. The molecule has 9 heteroatoms. The molecule has 0 aliphatic carbocycles. The third-order valence-electron chi connectivity index (χ3n) is 3.03. The third kappa shape index (κ3) is 5.41. The first-order chi connectivity index (χ1) is 10.1. The standard InChI is InChI=1S/C13H16F3N3OS.HI/c14-10-2-1-3-11(20-12(15)16)9(10)8-18-13(17)19-4-6-21-7-5-19;/h1-3,12H,4-8H2,(H2,17,18);1H. The van der Waals surface area contributed by atoms with Crippen LogP contribution in [0.3, 0.4) is 0 Å². The van der Waals surface area contributed by atoms with Crippen LogP contribution in [0.2, 0.25) is 0 Å². The van der Waals surface area contributed by atoms with Crippen LogP contribution in [-0.4, -0.2) is 42.1 Å². The fraction of sp³-hybridized carbons (Fsp3) is 0.462. The third-order valence-corrected chi connectivity index (χ3v) is 3.97. The minimum atomic E-state index is -3.01. The molecule has 4 nitrogen and oxygen atoms in total. The Kier molecular flexibility index (Phi) is 8.15. The quantitative estimate of drug-likeness (QED) is 0.438. The second-order valence-electron chi connectivity index (χ2n) is 4.37. The zero-order valence-corrected chi connectivity index (χ0v) is 14.8. The average molecular weight is 447 g/mol. The highest BCUT2D eigenvalue weighted by atomic mass is 127. The lowest BCUT2D eigenvalue weighted by Gasteiger charge is -2.27. The SMILES string of the molecule is I.NC(=NCc1c(F)cccc1OC(F)F)N1CCSCC1. The molecule has 1 aromatic carbocycles. The molecular formula is C13H17F3IN3OS. The number of guanidine groups is 1. The maximum atomic E-state index is 13.7. The van der Waals surface area contributed by atoms with Gasteiger partial charge >= 0.3 is 6.61 Å². The van der Waals surface area contributed by atoms with Crippen LogP contribution in [0.15, 0.2) is 23.2 Å². The molecule has 124 valence electrons. The van der Waals surface area contributed by atoms with E-state index in [1.54, 1.807) is 0 Å². The number of hydrogen-bond acceptors (Lipinski definition) is 3. The molecule has 1 saturated heterocycles. The molecule has 22 heavy (non-hydrogen) atoms. The van der Waals surface area contributed by atoms with Crippen LogP contribution in [0.4, 0.5) is 13.2 Å². The second-order valence-corrected chi connectivity index (χ2v) is 5.59. The first-order valence-electron chi connectivity index (χ1n) is 6.42. The Bertz CT molecular complexity index is 513. The number of alkyl halides is 2. The van der Waals surface area contributed by atoms with Gasteiger partial charge in [-0.3, -0.25) is 0 Å². The van der Waals surface area contributed by atoms with Gasteiger partial charge in [-0.1, -0.05) is 6.07 Å². The van der Waals surface area contributed by atoms with Crippen LogP contribution in [-0.2, 0) is 6.54 Å². The van der Waals surface area contributed by atoms with E-state index in [4.69, 9.17) is 5.73 Å². The van der Waals surface area contributed by atoms with Crippen molar-refractivity contribution in [3.8, 4) is 5.75 Å². The number of halogens is 4. The van der Waals surface area contributed by atoms with Crippen molar-refractivity contribution in [3.05, 3.63) is 29.6 Å². The topological polar surface area (TPSA) is 50.9 Å². The summed E-state index contributed by atoms with van der Waals surface area (Å²) in [5, 5.41) is 0. The first-order valence-corrected chi connectivity index (χ1v) is 7.58. The predicted octanol–water partition coefficient (Wildman–Crippen LogP) is 2.91. The Morgan fingerprint density at radius 2 is 2.05 bits per heavy atom. The minimum Gasteiger partial charge on any atom is -0.434 e. The first kappa shape index (κ1) is 19.2. The molecule has 0 unspecified atom stereocenters. The Labute approximate surface area is 148 Å². The molecule has 0 saturated carbocycles. The van der Waals surface area contributed by atoms with E-state index in [0.717, 1.165) is 24.6 Å². The van der Waals surface area contributed by atoms with Gasteiger partial charge in [0.15, 0.2) is 5.96 Å². The van der Waals surface area contributed by atoms with Crippen LogP contribution in [0, 0.1) is 5.82 Å². The van der Waals surface area contributed by atoms with Gasteiger partial charge in [0.25, 0.3) is 0 Å². The molecule has 0 spiro atoms. The van der Waals surface area contributed by atoms with Crippen molar-refractivity contribution in [1.82, 2.24) is 4.90 Å². The Morgan fingerprint density at radius 3 is 2.68 bits per heavy atom. The highest BCUT2D eigenvalue weighted by Gasteiger charge is 2.15. The molecule has 0 bridgehead atoms. The Hall–Kier alpha value is -0.840. The molecule has 2 N–H and O–H groups in total. The lowest BCUT2D eigenvalue weighted by atomic mass is 10.2. The van der Waals surface area contributed by atoms with Crippen molar-refractivity contribution in [2.45, 2.75) is 13.2 Å². The van der Waals surface area contributed by atoms with Gasteiger partial charge in [0.1, 0.15) is 11.6 Å². The van der Waals surface area contributed by atoms with Crippen LogP contribution < -0.4 is 10.5 Å². The molecule has 0 radical (unpaired) electrons. The molecule has 1 aromatic rings. The fourth-order valence-electron chi connectivity index (χ4n) is 1.95. The molecule has 0 atom stereocenters. The summed E-state index contributed by atoms with van der Waals surface area (Å²) in [7, 11) is 0. The monoisotopic (exact) mass is 447 g/mol. The van der Waals surface area contributed by atoms with Crippen molar-refractivity contribution in [2.75, 3.05) is 24.6 Å². The van der Waals surface area contributed by atoms with Crippen molar-refractivity contribution in [3.63, 3.8) is 0 Å². The molecule has 0 amide bonds. The van der Waals surface area contributed by atoms with Crippen molar-refractivity contribution in [2.24, 2.45) is 10.7 Å². The molecular weight excluding hydrogens is 430 g/mol. The summed E-state index contributed by atoms with van der Waals surface area (Å²) in [6.45, 7) is -1.59. The molecule has 1 fully saturated rings. The van der Waals surface area contributed by atoms with E-state index in [0.29, 0.717) is 5.96 Å². The van der Waals surface area contributed by atoms with Crippen molar-refractivity contribution >= 4 is 41.7 Å². The van der Waals surface area contributed by atoms with Gasteiger partial charge < -0.3 is 15.4 Å². The van der Waals surface area contributed by atoms with Crippen molar-refractivity contribution < 1.29 is 17.9 Å². The highest BCUT2D eigenvalue weighted by Crippen LogP contribution is 2.24. The molecule has 1 aliphatic rings. The van der Waals surface area contributed by atoms with E-state index in [1.165, 1.54) is 18.2 Å². The van der Waals surface area contributed by atoms with Gasteiger partial charge in [-0.25, -0.2) is 9.38 Å². The van der Waals surface area contributed by atoms with Crippen LogP contribution in [0.5, 0.6) is 5.75 Å². The highest BCUT2D eigenvalue weighted by molar-refractivity contribution is 14.0. The largest absolute Gasteiger partial charge is 0.434 e. The summed E-state index contributed by atoms with van der Waals surface area (Å²) in [4.78, 5) is 5.99. The fourth-order valence-corrected chi connectivity index (χ4v) is 2.85. The Morgan fingerprint density at radius 1 is 1.36 bits per heavy atom. The van der Waals surface area contributed by atoms with Crippen LogP contribution >= 0.6 is 35.7 Å². The summed E-state index contributed by atoms with van der Waals surface area (Å²) < 4.78 is 42.7. The number of thioether (sulfide) groups is 1. The average Bonchev–Trinajstić information content (AvgIpc) is 2.46. The van der Waals surface area contributed by atoms with Gasteiger partial charge in [0.05, 0.1) is 12.1 Å². The summed E-state index contributed by atoms with van der Waals surface area (Å²) in [6.07, 6.45) is 0. The normalized spacial score (nSPS) is 15.6. The van der Waals surface area contributed by atoms with E-state index in [2.05, 4.69) is 9.73 Å². The number of hydrogen-bond donors (Lipinski definition) is 1. The lowest BCUT2D eigenvalue weighted by Crippen LogP contribution is -2.42. The number of benzene rings is 1. The predicted molar refractivity (Wildman–Crippen MR) is 92.7 cm³/mol. The van der Waals surface area contributed by atoms with Crippen molar-refractivity contribution in [1.29, 1.82) is 0 Å². The zero-order valence-electron chi connectivity index (χ0n) is 11.7. The smallest absolute Gasteiger partial charge is 0.387 e. The number of nitrogens with two attached hydrogens (primary N) is 1. The van der Waals surface area contributed by atoms with Crippen LogP contribution in [0.1, 0.15) is 5.56 Å². The van der Waals surface area contributed by atoms with Crippen LogP contribution in [0.25, 0.3) is 0 Å². The number of nitrogens with zero attached hydrogens (tertiary/aromatic N) is 2. The van der Waals surface area contributed by atoms with Gasteiger partial charge in [-0.15, -0.1) is 24.0 Å². The summed E-state index contributed by atoms with van der Waals surface area (Å²) >= 11 is 1.83. The van der Waals surface area contributed by atoms with E-state index >= 15 is 0 Å². The van der Waals surface area contributed by atoms with E-state index in [-0.39, 0.29) is 41.8 Å². The van der Waals surface area contributed by atoms with Gasteiger partial charge in [0, 0.05) is 24.6 Å². The number of ether oxygens (including phenoxy) is 1. The summed E-state index contributed by atoms with van der Waals surface area (Å²) in [5.41, 5.74) is 5.83. The Balaban J connectivity index is 0.00000242. The van der Waals surface area contributed by atoms with E-state index in [1.807, 2.05) is 16.7 Å². The molecule has 1 heterocycles. The van der Waals surface area contributed by atoms with Gasteiger partial charge in [-0.2, -0.15) is 20.5 Å². The lowest BCUT2D eigenvalue weighted by molar-refractivity contribution is -0.0506. The van der Waals surface area contributed by atoms with E-state index < -0.39 is 12.4 Å². The van der Waals surface area contributed by atoms with Gasteiger partial charge in [-0.05, 0) is 12.1 Å². The summed E-state index contributed by atoms with van der Waals surface area (Å²) in [6, 6.07) is 3.77. The minimum absolute atomic E-state index is 0. The summed E-state index contributed by atoms with van der Waals surface area (Å²) in [5.74, 6) is 1.35.